The fourth-order valence-electron chi connectivity index (χ4n) is 14.0. The van der Waals surface area contributed by atoms with E-state index in [2.05, 4.69) is 42.5 Å². The molecule has 0 aromatic rings. The topological polar surface area (TPSA) is 337 Å². The Labute approximate surface area is 383 Å². The summed E-state index contributed by atoms with van der Waals surface area (Å²) in [6, 6.07) is 0. The number of carboxylic acid groups (broad SMARTS) is 6. The third kappa shape index (κ3) is 8.21. The molecule has 347 valence electrons. The molecule has 5 saturated heterocycles. The van der Waals surface area contributed by atoms with Crippen molar-refractivity contribution in [2.75, 3.05) is 0 Å². The van der Waals surface area contributed by atoms with Crippen LogP contribution in [-0.2, 0) is 80.0 Å². The minimum atomic E-state index is -2.41. The Hall–Kier alpha value is -1.94. The number of hydrogen-bond acceptors (Lipinski definition) is 20. The molecule has 4 saturated carbocycles. The molecule has 5 heterocycles. The number of carboxylic acids is 6. The van der Waals surface area contributed by atoms with E-state index in [1.165, 1.54) is 0 Å². The van der Waals surface area contributed by atoms with E-state index in [-0.39, 0.29) is 106 Å². The van der Waals surface area contributed by atoms with Gasteiger partial charge in [-0.05, 0) is 68.1 Å². The Morgan fingerprint density at radius 2 is 0.574 bits per heavy atom. The molecule has 4 aliphatic carbocycles. The van der Waals surface area contributed by atoms with Gasteiger partial charge in [0.1, 0.15) is 0 Å². The zero-order valence-electron chi connectivity index (χ0n) is 32.6. The second kappa shape index (κ2) is 18.9. The summed E-state index contributed by atoms with van der Waals surface area (Å²) < 4.78 is 0. The Morgan fingerprint density at radius 3 is 0.885 bits per heavy atom. The van der Waals surface area contributed by atoms with Crippen molar-refractivity contribution in [2.45, 2.75) is 114 Å². The molecule has 0 amide bonds. The Morgan fingerprint density at radius 1 is 0.295 bits per heavy atom. The summed E-state index contributed by atoms with van der Waals surface area (Å²) in [5.74, 6) is -27.0. The standard InChI is InChI=1S/C38H56N8O12.3Cu/c47-33(48)16-10-9-15-17(18(16)34(49)50)30-44-29(15)42-27-12-6-2-1-5-11(12)25(40-27)39-26-13-7-3-4-8-14(13)28(41-26)43-31-19-20(32(45-30)46-31)22(36(53)54)24(38(57)58)23(37(55)56)21(19)35(51)52;;;/h11-32,39-46H,1-10H2,(H,47,48)(H,49,50)(H,51,52)(H,53,54)(H,55,56)(H,57,58);;;/q;3*+2/p-6. The second-order valence-corrected chi connectivity index (χ2v) is 18.5. The van der Waals surface area contributed by atoms with Crippen LogP contribution in [0.25, 0.3) is 0 Å². The number of fused-ring (bicyclic) bond motifs is 20. The molecule has 23 heteroatoms. The van der Waals surface area contributed by atoms with Gasteiger partial charge >= 0.3 is 51.2 Å². The quantitative estimate of drug-likeness (QED) is 0.115. The predicted octanol–water partition coefficient (Wildman–Crippen LogP) is -9.55. The predicted molar refractivity (Wildman–Crippen MR) is 180 cm³/mol. The summed E-state index contributed by atoms with van der Waals surface area (Å²) in [6.07, 6.45) is 2.77. The zero-order valence-corrected chi connectivity index (χ0v) is 35.4. The molecule has 3 radical (unpaired) electrons. The average Bonchev–Trinajstić information content (AvgIpc) is 3.91. The van der Waals surface area contributed by atoms with Gasteiger partial charge in [0.25, 0.3) is 0 Å². The van der Waals surface area contributed by atoms with Crippen LogP contribution in [0.15, 0.2) is 0 Å². The summed E-state index contributed by atoms with van der Waals surface area (Å²) in [6.45, 7) is 0. The first-order valence-electron chi connectivity index (χ1n) is 21.1. The van der Waals surface area contributed by atoms with Gasteiger partial charge in [-0.3, -0.25) is 42.5 Å². The van der Waals surface area contributed by atoms with Crippen molar-refractivity contribution in [1.29, 1.82) is 0 Å². The van der Waals surface area contributed by atoms with Crippen LogP contribution < -0.4 is 73.2 Å². The van der Waals surface area contributed by atoms with E-state index < -0.39 is 126 Å². The third-order valence-corrected chi connectivity index (χ3v) is 16.2. The Bertz CT molecular complexity index is 1720. The molecule has 0 spiro atoms. The van der Waals surface area contributed by atoms with Gasteiger partial charge < -0.3 is 59.4 Å². The van der Waals surface area contributed by atoms with E-state index >= 15 is 0 Å². The summed E-state index contributed by atoms with van der Waals surface area (Å²) in [5, 5.41) is 106. The maximum absolute atomic E-state index is 13.1. The van der Waals surface area contributed by atoms with E-state index in [1.54, 1.807) is 0 Å². The molecule has 9 fully saturated rings. The van der Waals surface area contributed by atoms with Gasteiger partial charge in [-0.25, -0.2) is 0 Å². The van der Waals surface area contributed by atoms with Crippen molar-refractivity contribution in [3.8, 4) is 0 Å². The molecule has 20 nitrogen and oxygen atoms in total. The van der Waals surface area contributed by atoms with Gasteiger partial charge in [0.15, 0.2) is 0 Å². The molecule has 22 unspecified atom stereocenters. The largest absolute Gasteiger partial charge is 2.00 e. The van der Waals surface area contributed by atoms with E-state index in [4.69, 9.17) is 0 Å². The average molecular weight is 1000 g/mol. The van der Waals surface area contributed by atoms with E-state index in [0.29, 0.717) is 0 Å². The second-order valence-electron chi connectivity index (χ2n) is 18.5. The number of aliphatic carboxylic acids is 6. The first kappa shape index (κ1) is 48.5. The van der Waals surface area contributed by atoms with Crippen LogP contribution in [0, 0.1) is 82.9 Å². The Balaban J connectivity index is 0.00000207. The molecular weight excluding hydrogens is 951 g/mol. The minimum Gasteiger partial charge on any atom is -0.550 e. The summed E-state index contributed by atoms with van der Waals surface area (Å²) in [7, 11) is 0. The van der Waals surface area contributed by atoms with Gasteiger partial charge in [0.05, 0.1) is 49.3 Å². The molecule has 8 N–H and O–H groups in total. The zero-order chi connectivity index (χ0) is 40.9. The molecule has 61 heavy (non-hydrogen) atoms. The normalized spacial score (nSPS) is 48.2. The summed E-state index contributed by atoms with van der Waals surface area (Å²) in [4.78, 5) is 77.0. The fourth-order valence-corrected chi connectivity index (χ4v) is 14.0. The van der Waals surface area contributed by atoms with Crippen LogP contribution in [0.4, 0.5) is 0 Å². The van der Waals surface area contributed by atoms with Gasteiger partial charge in [-0.15, -0.1) is 0 Å². The van der Waals surface area contributed by atoms with Crippen LogP contribution in [0.5, 0.6) is 0 Å². The van der Waals surface area contributed by atoms with Gasteiger partial charge in [-0.1, -0.05) is 25.7 Å². The van der Waals surface area contributed by atoms with Gasteiger partial charge in [-0.2, -0.15) is 0 Å². The van der Waals surface area contributed by atoms with Crippen molar-refractivity contribution in [3.05, 3.63) is 0 Å². The molecule has 5 aliphatic heterocycles. The molecule has 0 aromatic heterocycles. The molecule has 22 atom stereocenters. The summed E-state index contributed by atoms with van der Waals surface area (Å²) in [5.41, 5.74) is 0. The van der Waals surface area contributed by atoms with Crippen LogP contribution in [-0.4, -0.2) is 85.1 Å². The molecule has 9 aliphatic rings. The molecular formula is C38H50Cu3N8O12. The Kier molecular flexibility index (Phi) is 15.0. The number of hydrogen-bond donors (Lipinski definition) is 8. The van der Waals surface area contributed by atoms with E-state index in [9.17, 15) is 59.4 Å². The fraction of sp³-hybridized carbons (Fsp3) is 0.842. The molecule has 9 rings (SSSR count). The number of nitrogens with one attached hydrogen (secondary N) is 8. The maximum Gasteiger partial charge on any atom is 2.00 e. The monoisotopic (exact) mass is 999 g/mol. The smallest absolute Gasteiger partial charge is 0.550 e. The number of rotatable bonds is 6. The number of carbonyl (C=O) groups excluding carboxylic acids is 6. The van der Waals surface area contributed by atoms with Crippen molar-refractivity contribution >= 4 is 35.8 Å². The van der Waals surface area contributed by atoms with Crippen LogP contribution in [0.3, 0.4) is 0 Å². The van der Waals surface area contributed by atoms with Crippen LogP contribution >= 0.6 is 0 Å². The van der Waals surface area contributed by atoms with Gasteiger partial charge in [0, 0.05) is 89.1 Å². The first-order valence-corrected chi connectivity index (χ1v) is 21.1. The van der Waals surface area contributed by atoms with E-state index in [1.807, 2.05) is 0 Å². The SMILES string of the molecule is O=C([O-])C1CCC2C3NC4NC(NC5NC(NC6NC(NC(N3)C2C1C(=O)[O-])C1C(C(=O)[O-])C(C(=O)[O-])C(C(=O)[O-])C(C(=O)[O-])C61)C1CCCCC51)C1CCCCC41.[Cu+2].[Cu+2].[Cu+2]. The minimum absolute atomic E-state index is 0. The van der Waals surface area contributed by atoms with Crippen LogP contribution in [0.2, 0.25) is 0 Å². The van der Waals surface area contributed by atoms with Crippen molar-refractivity contribution in [1.82, 2.24) is 42.5 Å². The van der Waals surface area contributed by atoms with Crippen molar-refractivity contribution in [2.24, 2.45) is 82.9 Å². The van der Waals surface area contributed by atoms with Crippen molar-refractivity contribution < 1.29 is 111 Å². The first-order chi connectivity index (χ1) is 27.7. The van der Waals surface area contributed by atoms with E-state index in [0.717, 1.165) is 51.4 Å². The molecule has 0 aromatic carbocycles. The molecule has 8 bridgehead atoms. The number of carbonyl (C=O) groups is 6. The third-order valence-electron chi connectivity index (χ3n) is 16.2. The maximum atomic E-state index is 13.1. The van der Waals surface area contributed by atoms with Crippen LogP contribution in [0.1, 0.15) is 64.2 Å². The summed E-state index contributed by atoms with van der Waals surface area (Å²) >= 11 is 0. The van der Waals surface area contributed by atoms with Gasteiger partial charge in [0.2, 0.25) is 0 Å². The van der Waals surface area contributed by atoms with Crippen molar-refractivity contribution in [3.63, 3.8) is 0 Å².